The lowest BCUT2D eigenvalue weighted by atomic mass is 10.3. The van der Waals surface area contributed by atoms with Crippen LogP contribution in [0.15, 0.2) is 24.3 Å². The Bertz CT molecular complexity index is 281. The van der Waals surface area contributed by atoms with E-state index in [1.54, 1.807) is 6.07 Å². The van der Waals surface area contributed by atoms with Gasteiger partial charge in [-0.25, -0.2) is 0 Å². The van der Waals surface area contributed by atoms with Gasteiger partial charge in [0.15, 0.2) is 0 Å². The fraction of sp³-hybridized carbons (Fsp3) is 0.455. The van der Waals surface area contributed by atoms with Crippen LogP contribution in [0.2, 0.25) is 5.02 Å². The van der Waals surface area contributed by atoms with Crippen molar-refractivity contribution in [2.75, 3.05) is 26.4 Å². The first-order valence-corrected chi connectivity index (χ1v) is 5.37. The second-order valence-electron chi connectivity index (χ2n) is 3.06. The molecule has 0 aromatic heterocycles. The lowest BCUT2D eigenvalue weighted by Gasteiger charge is -2.06. The molecule has 0 atom stereocenters. The molecular weight excluding hydrogens is 214 g/mol. The average Bonchev–Trinajstić information content (AvgIpc) is 2.23. The van der Waals surface area contributed by atoms with Gasteiger partial charge >= 0.3 is 0 Å². The van der Waals surface area contributed by atoms with E-state index in [1.165, 1.54) is 0 Å². The molecule has 0 heterocycles. The van der Waals surface area contributed by atoms with Crippen LogP contribution in [0.5, 0.6) is 5.75 Å². The molecule has 0 aliphatic carbocycles. The van der Waals surface area contributed by atoms with E-state index in [2.05, 4.69) is 0 Å². The zero-order valence-electron chi connectivity index (χ0n) is 8.62. The maximum atomic E-state index is 5.80. The summed E-state index contributed by atoms with van der Waals surface area (Å²) < 4.78 is 10.7. The summed E-state index contributed by atoms with van der Waals surface area (Å²) >= 11 is 5.80. The Labute approximate surface area is 95.1 Å². The van der Waals surface area contributed by atoms with E-state index >= 15 is 0 Å². The molecule has 0 spiro atoms. The molecule has 0 aliphatic rings. The normalized spacial score (nSPS) is 10.3. The molecule has 0 aliphatic heterocycles. The Kier molecular flexibility index (Phi) is 6.16. The van der Waals surface area contributed by atoms with Crippen LogP contribution in [-0.4, -0.2) is 26.4 Å². The average molecular weight is 230 g/mol. The van der Waals surface area contributed by atoms with Crippen LogP contribution < -0.4 is 10.5 Å². The highest BCUT2D eigenvalue weighted by atomic mass is 35.5. The maximum Gasteiger partial charge on any atom is 0.120 e. The fourth-order valence-electron chi connectivity index (χ4n) is 1.06. The Hall–Kier alpha value is -0.770. The summed E-state index contributed by atoms with van der Waals surface area (Å²) in [5.41, 5.74) is 5.33. The maximum absolute atomic E-state index is 5.80. The molecule has 0 unspecified atom stereocenters. The van der Waals surface area contributed by atoms with Crippen LogP contribution in [0.3, 0.4) is 0 Å². The van der Waals surface area contributed by atoms with Gasteiger partial charge in [-0.15, -0.1) is 0 Å². The Morgan fingerprint density at radius 2 is 2.07 bits per heavy atom. The van der Waals surface area contributed by atoms with Crippen LogP contribution in [-0.2, 0) is 4.74 Å². The van der Waals surface area contributed by atoms with E-state index < -0.39 is 0 Å². The fourth-order valence-corrected chi connectivity index (χ4v) is 1.24. The molecule has 3 nitrogen and oxygen atoms in total. The monoisotopic (exact) mass is 229 g/mol. The van der Waals surface area contributed by atoms with Crippen molar-refractivity contribution in [3.05, 3.63) is 29.3 Å². The molecular formula is C11H16ClNO2. The standard InChI is InChI=1S/C11H16ClNO2/c12-10-3-1-4-11(9-10)15-8-7-14-6-2-5-13/h1,3-4,9H,2,5-8,13H2. The van der Waals surface area contributed by atoms with E-state index in [-0.39, 0.29) is 0 Å². The van der Waals surface area contributed by atoms with Crippen LogP contribution in [0.1, 0.15) is 6.42 Å². The minimum Gasteiger partial charge on any atom is -0.491 e. The summed E-state index contributed by atoms with van der Waals surface area (Å²) in [6.45, 7) is 2.46. The SMILES string of the molecule is NCCCOCCOc1cccc(Cl)c1. The second kappa shape index (κ2) is 7.51. The van der Waals surface area contributed by atoms with Crippen molar-refractivity contribution in [3.63, 3.8) is 0 Å². The van der Waals surface area contributed by atoms with Crippen LogP contribution in [0, 0.1) is 0 Å². The first-order chi connectivity index (χ1) is 7.33. The van der Waals surface area contributed by atoms with Crippen molar-refractivity contribution in [2.45, 2.75) is 6.42 Å². The van der Waals surface area contributed by atoms with Gasteiger partial charge in [-0.3, -0.25) is 0 Å². The first-order valence-electron chi connectivity index (χ1n) is 4.99. The topological polar surface area (TPSA) is 44.5 Å². The summed E-state index contributed by atoms with van der Waals surface area (Å²) in [6, 6.07) is 7.31. The minimum absolute atomic E-state index is 0.533. The molecule has 15 heavy (non-hydrogen) atoms. The highest BCUT2D eigenvalue weighted by Crippen LogP contribution is 2.16. The van der Waals surface area contributed by atoms with Gasteiger partial charge in [0.2, 0.25) is 0 Å². The Morgan fingerprint density at radius 1 is 1.20 bits per heavy atom. The zero-order chi connectivity index (χ0) is 10.9. The predicted octanol–water partition coefficient (Wildman–Crippen LogP) is 2.08. The molecule has 1 aromatic rings. The van der Waals surface area contributed by atoms with E-state index in [0.717, 1.165) is 12.2 Å². The van der Waals surface area contributed by atoms with Gasteiger partial charge in [0.25, 0.3) is 0 Å². The number of hydrogen-bond donors (Lipinski definition) is 1. The number of benzene rings is 1. The summed E-state index contributed by atoms with van der Waals surface area (Å²) in [5, 5.41) is 0.677. The van der Waals surface area contributed by atoms with Gasteiger partial charge < -0.3 is 15.2 Å². The van der Waals surface area contributed by atoms with Gasteiger partial charge in [-0.1, -0.05) is 17.7 Å². The van der Waals surface area contributed by atoms with Gasteiger partial charge in [0, 0.05) is 11.6 Å². The molecule has 0 amide bonds. The highest BCUT2D eigenvalue weighted by Gasteiger charge is 1.94. The lowest BCUT2D eigenvalue weighted by molar-refractivity contribution is 0.0995. The Balaban J connectivity index is 2.10. The summed E-state index contributed by atoms with van der Waals surface area (Å²) in [7, 11) is 0. The number of hydrogen-bond acceptors (Lipinski definition) is 3. The van der Waals surface area contributed by atoms with Gasteiger partial charge in [0.05, 0.1) is 6.61 Å². The molecule has 0 fully saturated rings. The lowest BCUT2D eigenvalue weighted by Crippen LogP contribution is -2.10. The number of halogens is 1. The van der Waals surface area contributed by atoms with Crippen LogP contribution in [0.4, 0.5) is 0 Å². The quantitative estimate of drug-likeness (QED) is 0.729. The van der Waals surface area contributed by atoms with E-state index in [0.29, 0.717) is 31.4 Å². The molecule has 2 N–H and O–H groups in total. The number of rotatable bonds is 7. The number of ether oxygens (including phenoxy) is 2. The Morgan fingerprint density at radius 3 is 2.80 bits per heavy atom. The van der Waals surface area contributed by atoms with Gasteiger partial charge in [-0.2, -0.15) is 0 Å². The van der Waals surface area contributed by atoms with E-state index in [1.807, 2.05) is 18.2 Å². The minimum atomic E-state index is 0.533. The summed E-state index contributed by atoms with van der Waals surface area (Å²) in [5.74, 6) is 0.768. The molecule has 1 rings (SSSR count). The summed E-state index contributed by atoms with van der Waals surface area (Å²) in [4.78, 5) is 0. The van der Waals surface area contributed by atoms with Crippen molar-refractivity contribution >= 4 is 11.6 Å². The smallest absolute Gasteiger partial charge is 0.120 e. The largest absolute Gasteiger partial charge is 0.491 e. The van der Waals surface area contributed by atoms with E-state index in [4.69, 9.17) is 26.8 Å². The molecule has 0 bridgehead atoms. The van der Waals surface area contributed by atoms with Crippen molar-refractivity contribution in [1.29, 1.82) is 0 Å². The van der Waals surface area contributed by atoms with Crippen molar-refractivity contribution < 1.29 is 9.47 Å². The molecule has 0 saturated heterocycles. The van der Waals surface area contributed by atoms with Gasteiger partial charge in [-0.05, 0) is 31.2 Å². The van der Waals surface area contributed by atoms with Crippen LogP contribution >= 0.6 is 11.6 Å². The molecule has 0 radical (unpaired) electrons. The van der Waals surface area contributed by atoms with Gasteiger partial charge in [0.1, 0.15) is 12.4 Å². The number of nitrogens with two attached hydrogens (primary N) is 1. The third kappa shape index (κ3) is 5.62. The second-order valence-corrected chi connectivity index (χ2v) is 3.50. The van der Waals surface area contributed by atoms with Crippen molar-refractivity contribution in [2.24, 2.45) is 5.73 Å². The van der Waals surface area contributed by atoms with Crippen LogP contribution in [0.25, 0.3) is 0 Å². The molecule has 0 saturated carbocycles. The van der Waals surface area contributed by atoms with Crippen molar-refractivity contribution in [1.82, 2.24) is 0 Å². The third-order valence-electron chi connectivity index (χ3n) is 1.79. The van der Waals surface area contributed by atoms with E-state index in [9.17, 15) is 0 Å². The third-order valence-corrected chi connectivity index (χ3v) is 2.02. The molecule has 1 aromatic carbocycles. The molecule has 84 valence electrons. The first kappa shape index (κ1) is 12.3. The predicted molar refractivity (Wildman–Crippen MR) is 61.4 cm³/mol. The zero-order valence-corrected chi connectivity index (χ0v) is 9.37. The van der Waals surface area contributed by atoms with Crippen molar-refractivity contribution in [3.8, 4) is 5.75 Å². The molecule has 4 heteroatoms. The summed E-state index contributed by atoms with van der Waals surface area (Å²) in [6.07, 6.45) is 0.886. The highest BCUT2D eigenvalue weighted by molar-refractivity contribution is 6.30.